The van der Waals surface area contributed by atoms with Gasteiger partial charge in [-0.2, -0.15) is 0 Å². The molecule has 134 valence electrons. The first-order valence-electron chi connectivity index (χ1n) is 8.50. The van der Waals surface area contributed by atoms with Crippen molar-refractivity contribution < 1.29 is 9.53 Å². The van der Waals surface area contributed by atoms with Crippen molar-refractivity contribution >= 4 is 17.5 Å². The van der Waals surface area contributed by atoms with Crippen molar-refractivity contribution in [3.8, 4) is 5.75 Å². The van der Waals surface area contributed by atoms with Gasteiger partial charge in [0.05, 0.1) is 6.33 Å². The Kier molecular flexibility index (Phi) is 5.94. The summed E-state index contributed by atoms with van der Waals surface area (Å²) < 4.78 is 7.58. The van der Waals surface area contributed by atoms with E-state index in [9.17, 15) is 4.79 Å². The van der Waals surface area contributed by atoms with E-state index < -0.39 is 0 Å². The topological polar surface area (TPSA) is 50.6 Å². The average Bonchev–Trinajstić information content (AvgIpc) is 3.17. The molecule has 0 bridgehead atoms. The van der Waals surface area contributed by atoms with Crippen LogP contribution in [0.2, 0.25) is 5.02 Å². The smallest absolute Gasteiger partial charge is 0.245 e. The Labute approximate surface area is 153 Å². The van der Waals surface area contributed by atoms with Gasteiger partial charge in [0.1, 0.15) is 18.4 Å². The molecular weight excluding hydrogens is 340 g/mol. The molecular formula is C18H23ClN4O2. The highest BCUT2D eigenvalue weighted by molar-refractivity contribution is 6.30. The lowest BCUT2D eigenvalue weighted by atomic mass is 10.2. The Balaban J connectivity index is 1.39. The van der Waals surface area contributed by atoms with Crippen molar-refractivity contribution in [2.45, 2.75) is 13.0 Å². The molecule has 2 heterocycles. The van der Waals surface area contributed by atoms with Gasteiger partial charge in [-0.3, -0.25) is 9.69 Å². The largest absolute Gasteiger partial charge is 0.492 e. The van der Waals surface area contributed by atoms with E-state index in [0.717, 1.165) is 38.5 Å². The van der Waals surface area contributed by atoms with Crippen LogP contribution in [-0.2, 0) is 4.79 Å². The van der Waals surface area contributed by atoms with Gasteiger partial charge in [0, 0.05) is 50.1 Å². The third-order valence-corrected chi connectivity index (χ3v) is 4.76. The highest BCUT2D eigenvalue weighted by Gasteiger charge is 2.25. The number of benzene rings is 1. The summed E-state index contributed by atoms with van der Waals surface area (Å²) in [6.07, 6.45) is 5.21. The number of carbonyl (C=O) groups excluding carboxylic acids is 1. The normalized spacial score (nSPS) is 16.6. The molecule has 6 nitrogen and oxygen atoms in total. The Hall–Kier alpha value is -2.05. The van der Waals surface area contributed by atoms with Gasteiger partial charge < -0.3 is 14.2 Å². The third kappa shape index (κ3) is 4.74. The lowest BCUT2D eigenvalue weighted by Crippen LogP contribution is -2.50. The molecule has 1 fully saturated rings. The van der Waals surface area contributed by atoms with Crippen LogP contribution in [0.3, 0.4) is 0 Å². The van der Waals surface area contributed by atoms with Crippen LogP contribution in [0.5, 0.6) is 5.75 Å². The van der Waals surface area contributed by atoms with Gasteiger partial charge in [0.25, 0.3) is 0 Å². The number of halogens is 1. The molecule has 1 aromatic heterocycles. The molecule has 1 aliphatic rings. The van der Waals surface area contributed by atoms with E-state index in [1.807, 2.05) is 46.9 Å². The van der Waals surface area contributed by atoms with Crippen molar-refractivity contribution in [2.24, 2.45) is 0 Å². The number of hydrogen-bond donors (Lipinski definition) is 0. The van der Waals surface area contributed by atoms with Gasteiger partial charge in [-0.15, -0.1) is 0 Å². The predicted molar refractivity (Wildman–Crippen MR) is 96.9 cm³/mol. The molecule has 1 saturated heterocycles. The van der Waals surface area contributed by atoms with Crippen molar-refractivity contribution in [3.63, 3.8) is 0 Å². The van der Waals surface area contributed by atoms with Gasteiger partial charge in [-0.1, -0.05) is 11.6 Å². The van der Waals surface area contributed by atoms with Crippen molar-refractivity contribution in [1.82, 2.24) is 19.4 Å². The zero-order valence-corrected chi connectivity index (χ0v) is 15.1. The van der Waals surface area contributed by atoms with E-state index in [2.05, 4.69) is 9.88 Å². The number of nitrogens with zero attached hydrogens (tertiary/aromatic N) is 4. The molecule has 1 aliphatic heterocycles. The fourth-order valence-corrected chi connectivity index (χ4v) is 3.03. The number of piperazine rings is 1. The monoisotopic (exact) mass is 362 g/mol. The lowest BCUT2D eigenvalue weighted by Gasteiger charge is -2.36. The SMILES string of the molecule is CC(C(=O)N1CCN(CCOc2ccc(Cl)cc2)CC1)n1ccnc1. The molecule has 0 aliphatic carbocycles. The van der Waals surface area contributed by atoms with Crippen molar-refractivity contribution in [1.29, 1.82) is 0 Å². The van der Waals surface area contributed by atoms with Gasteiger partial charge in [0.15, 0.2) is 0 Å². The van der Waals surface area contributed by atoms with Gasteiger partial charge in [-0.25, -0.2) is 4.98 Å². The first kappa shape index (κ1) is 17.8. The fraction of sp³-hybridized carbons (Fsp3) is 0.444. The molecule has 1 atom stereocenters. The minimum absolute atomic E-state index is 0.148. The van der Waals surface area contributed by atoms with E-state index >= 15 is 0 Å². The first-order chi connectivity index (χ1) is 12.1. The highest BCUT2D eigenvalue weighted by atomic mass is 35.5. The zero-order chi connectivity index (χ0) is 17.6. The number of aromatic nitrogens is 2. The molecule has 0 radical (unpaired) electrons. The summed E-state index contributed by atoms with van der Waals surface area (Å²) in [7, 11) is 0. The second-order valence-electron chi connectivity index (χ2n) is 6.16. The quantitative estimate of drug-likeness (QED) is 0.791. The Morgan fingerprint density at radius 1 is 1.24 bits per heavy atom. The van der Waals surface area contributed by atoms with Crippen molar-refractivity contribution in [3.05, 3.63) is 48.0 Å². The second-order valence-corrected chi connectivity index (χ2v) is 6.59. The molecule has 0 N–H and O–H groups in total. The molecule has 1 unspecified atom stereocenters. The van der Waals surface area contributed by atoms with E-state index in [-0.39, 0.29) is 11.9 Å². The zero-order valence-electron chi connectivity index (χ0n) is 14.3. The van der Waals surface area contributed by atoms with Crippen LogP contribution >= 0.6 is 11.6 Å². The highest BCUT2D eigenvalue weighted by Crippen LogP contribution is 2.16. The van der Waals surface area contributed by atoms with Crippen LogP contribution in [0.15, 0.2) is 43.0 Å². The summed E-state index contributed by atoms with van der Waals surface area (Å²) in [4.78, 5) is 20.8. The number of rotatable bonds is 6. The summed E-state index contributed by atoms with van der Waals surface area (Å²) in [6, 6.07) is 7.18. The van der Waals surface area contributed by atoms with Crippen LogP contribution in [0.1, 0.15) is 13.0 Å². The number of hydrogen-bond acceptors (Lipinski definition) is 4. The Morgan fingerprint density at radius 3 is 2.60 bits per heavy atom. The van der Waals surface area contributed by atoms with Crippen molar-refractivity contribution in [2.75, 3.05) is 39.3 Å². The lowest BCUT2D eigenvalue weighted by molar-refractivity contribution is -0.136. The fourth-order valence-electron chi connectivity index (χ4n) is 2.91. The maximum atomic E-state index is 12.6. The van der Waals surface area contributed by atoms with E-state index in [4.69, 9.17) is 16.3 Å². The minimum Gasteiger partial charge on any atom is -0.492 e. The van der Waals surface area contributed by atoms with Crippen LogP contribution in [0, 0.1) is 0 Å². The maximum absolute atomic E-state index is 12.6. The molecule has 7 heteroatoms. The van der Waals surface area contributed by atoms with E-state index in [0.29, 0.717) is 11.6 Å². The Morgan fingerprint density at radius 2 is 1.96 bits per heavy atom. The molecule has 0 spiro atoms. The molecule has 25 heavy (non-hydrogen) atoms. The molecule has 2 aromatic rings. The molecule has 0 saturated carbocycles. The van der Waals surface area contributed by atoms with Gasteiger partial charge in [0.2, 0.25) is 5.91 Å². The molecule has 3 rings (SSSR count). The van der Waals surface area contributed by atoms with Crippen LogP contribution in [0.25, 0.3) is 0 Å². The van der Waals surface area contributed by atoms with E-state index in [1.165, 1.54) is 0 Å². The summed E-state index contributed by atoms with van der Waals surface area (Å²) in [5.41, 5.74) is 0. The number of amides is 1. The maximum Gasteiger partial charge on any atom is 0.245 e. The third-order valence-electron chi connectivity index (χ3n) is 4.50. The standard InChI is InChI=1S/C18H23ClN4O2/c1-15(23-7-6-20-14-23)18(24)22-10-8-21(9-11-22)12-13-25-17-4-2-16(19)3-5-17/h2-7,14-15H,8-13H2,1H3. The summed E-state index contributed by atoms with van der Waals surface area (Å²) >= 11 is 5.86. The van der Waals surface area contributed by atoms with Crippen LogP contribution in [-0.4, -0.2) is 64.6 Å². The summed E-state index contributed by atoms with van der Waals surface area (Å²) in [5, 5.41) is 0.707. The predicted octanol–water partition coefficient (Wildman–Crippen LogP) is 2.32. The Bertz CT molecular complexity index is 667. The summed E-state index contributed by atoms with van der Waals surface area (Å²) in [5.74, 6) is 0.974. The number of ether oxygens (including phenoxy) is 1. The number of imidazole rings is 1. The summed E-state index contributed by atoms with van der Waals surface area (Å²) in [6.45, 7) is 6.62. The van der Waals surface area contributed by atoms with E-state index in [1.54, 1.807) is 12.5 Å². The van der Waals surface area contributed by atoms with Gasteiger partial charge in [-0.05, 0) is 31.2 Å². The average molecular weight is 363 g/mol. The van der Waals surface area contributed by atoms with Crippen LogP contribution in [0.4, 0.5) is 0 Å². The molecule has 1 aromatic carbocycles. The minimum atomic E-state index is -0.206. The van der Waals surface area contributed by atoms with Crippen LogP contribution < -0.4 is 4.74 Å². The first-order valence-corrected chi connectivity index (χ1v) is 8.88. The number of carbonyl (C=O) groups is 1. The molecule has 1 amide bonds. The van der Waals surface area contributed by atoms with Gasteiger partial charge >= 0.3 is 0 Å². The second kappa shape index (κ2) is 8.36.